The number of furan rings is 2. The first-order valence-corrected chi connectivity index (χ1v) is 24.1. The number of fused-ring (bicyclic) bond motifs is 12. The number of hydrogen-bond acceptors (Lipinski definition) is 3. The van der Waals surface area contributed by atoms with Crippen LogP contribution < -0.4 is 20.7 Å². The minimum absolute atomic E-state index is 0.846. The molecule has 304 valence electrons. The van der Waals surface area contributed by atoms with Crippen LogP contribution in [-0.2, 0) is 0 Å². The van der Waals surface area contributed by atoms with E-state index in [-0.39, 0.29) is 0 Å². The summed E-state index contributed by atoms with van der Waals surface area (Å²) in [7, 11) is -3.24. The van der Waals surface area contributed by atoms with E-state index in [0.717, 1.165) is 66.3 Å². The molecule has 0 atom stereocenters. The van der Waals surface area contributed by atoms with E-state index in [1.165, 1.54) is 53.3 Å². The topological polar surface area (TPSA) is 49.0 Å². The molecule has 0 radical (unpaired) electrons. The first-order chi connectivity index (χ1) is 32.3. The molecule has 0 saturated carbocycles. The molecule has 65 heavy (non-hydrogen) atoms. The SMILES string of the molecule is c1ccc([Si](c2ccccc2)(c2cccc3c2oc2ccc(-n4c5ccccc5c5ccccc54)cc23)c2cccc3c2oc2ccc(-n4c5ccccc5c5ccncc54)cc23)cc1. The van der Waals surface area contributed by atoms with E-state index < -0.39 is 8.07 Å². The minimum Gasteiger partial charge on any atom is -0.456 e. The van der Waals surface area contributed by atoms with E-state index in [1.807, 2.05) is 12.4 Å². The van der Waals surface area contributed by atoms with Crippen LogP contribution in [0.1, 0.15) is 0 Å². The van der Waals surface area contributed by atoms with Crippen LogP contribution in [0.3, 0.4) is 0 Å². The van der Waals surface area contributed by atoms with Crippen molar-refractivity contribution in [3.05, 3.63) is 225 Å². The van der Waals surface area contributed by atoms with Crippen molar-refractivity contribution in [1.82, 2.24) is 14.1 Å². The summed E-state index contributed by atoms with van der Waals surface area (Å²) in [5.41, 5.74) is 10.2. The molecule has 0 unspecified atom stereocenters. The summed E-state index contributed by atoms with van der Waals surface area (Å²) in [4.78, 5) is 4.55. The molecule has 0 aliphatic rings. The number of rotatable bonds is 6. The number of hydrogen-bond donors (Lipinski definition) is 0. The summed E-state index contributed by atoms with van der Waals surface area (Å²) in [6.45, 7) is 0. The summed E-state index contributed by atoms with van der Waals surface area (Å²) >= 11 is 0. The maximum Gasteiger partial charge on any atom is 0.188 e. The standard InChI is InChI=1S/C59H37N3O2Si/c1-3-15-40(16-4-1)65(41-17-5-2-6-18-41,56-27-13-22-46-48-35-38(29-31-54(48)63-58(46)56)61-50-24-10-7-19-42(50)43-20-8-11-25-51(43)61)57-28-14-23-47-49-36-39(30-32-55(49)64-59(47)57)62-52-26-12-9-21-44(52)45-33-34-60-37-53(45)62/h1-37H. The molecule has 0 aliphatic heterocycles. The predicted octanol–water partition coefficient (Wildman–Crippen LogP) is 12.5. The van der Waals surface area contributed by atoms with Gasteiger partial charge in [0, 0.05) is 60.7 Å². The highest BCUT2D eigenvalue weighted by molar-refractivity contribution is 7.21. The first-order valence-electron chi connectivity index (χ1n) is 22.1. The molecule has 14 rings (SSSR count). The molecular formula is C59H37N3O2Si. The largest absolute Gasteiger partial charge is 0.456 e. The zero-order valence-electron chi connectivity index (χ0n) is 35.0. The van der Waals surface area contributed by atoms with Gasteiger partial charge in [0.15, 0.2) is 8.07 Å². The zero-order chi connectivity index (χ0) is 42.6. The highest BCUT2D eigenvalue weighted by atomic mass is 28.3. The third-order valence-electron chi connectivity index (χ3n) is 13.8. The summed E-state index contributed by atoms with van der Waals surface area (Å²) < 4.78 is 19.1. The van der Waals surface area contributed by atoms with Crippen LogP contribution in [0.15, 0.2) is 234 Å². The first kappa shape index (κ1) is 36.1. The molecule has 9 aromatic carbocycles. The van der Waals surface area contributed by atoms with E-state index in [9.17, 15) is 0 Å². The Morgan fingerprint density at radius 2 is 0.754 bits per heavy atom. The fourth-order valence-electron chi connectivity index (χ4n) is 11.0. The molecule has 0 saturated heterocycles. The third kappa shape index (κ3) is 5.05. The van der Waals surface area contributed by atoms with Crippen molar-refractivity contribution in [3.8, 4) is 11.4 Å². The van der Waals surface area contributed by atoms with E-state index in [0.29, 0.717) is 0 Å². The van der Waals surface area contributed by atoms with Gasteiger partial charge in [0.2, 0.25) is 0 Å². The number of benzene rings is 9. The second-order valence-corrected chi connectivity index (χ2v) is 20.8. The maximum absolute atomic E-state index is 7.19. The van der Waals surface area contributed by atoms with Crippen molar-refractivity contribution in [2.75, 3.05) is 0 Å². The molecule has 0 bridgehead atoms. The van der Waals surface area contributed by atoms with Crippen molar-refractivity contribution >= 4 is 116 Å². The zero-order valence-corrected chi connectivity index (χ0v) is 36.0. The van der Waals surface area contributed by atoms with Gasteiger partial charge in [0.05, 0.1) is 28.3 Å². The van der Waals surface area contributed by atoms with Crippen molar-refractivity contribution in [1.29, 1.82) is 0 Å². The van der Waals surface area contributed by atoms with Crippen LogP contribution in [0.2, 0.25) is 0 Å². The van der Waals surface area contributed by atoms with Gasteiger partial charge in [-0.2, -0.15) is 0 Å². The number of nitrogens with zero attached hydrogens (tertiary/aromatic N) is 3. The molecule has 6 heteroatoms. The minimum atomic E-state index is -3.24. The van der Waals surface area contributed by atoms with Crippen LogP contribution in [0.5, 0.6) is 0 Å². The van der Waals surface area contributed by atoms with Crippen molar-refractivity contribution in [3.63, 3.8) is 0 Å². The van der Waals surface area contributed by atoms with Crippen molar-refractivity contribution in [2.24, 2.45) is 0 Å². The lowest BCUT2D eigenvalue weighted by Gasteiger charge is -2.34. The Hall–Kier alpha value is -8.45. The van der Waals surface area contributed by atoms with Crippen molar-refractivity contribution < 1.29 is 8.83 Å². The molecule has 0 fully saturated rings. The molecule has 0 aliphatic carbocycles. The Morgan fingerprint density at radius 3 is 1.25 bits per heavy atom. The van der Waals surface area contributed by atoms with Crippen LogP contribution in [0.4, 0.5) is 0 Å². The lowest BCUT2D eigenvalue weighted by molar-refractivity contribution is 0.670. The summed E-state index contributed by atoms with van der Waals surface area (Å²) in [6.07, 6.45) is 3.84. The van der Waals surface area contributed by atoms with E-state index in [1.54, 1.807) is 0 Å². The quantitative estimate of drug-likeness (QED) is 0.124. The van der Waals surface area contributed by atoms with Crippen LogP contribution in [0.25, 0.3) is 98.9 Å². The van der Waals surface area contributed by atoms with Gasteiger partial charge in [-0.25, -0.2) is 0 Å². The fraction of sp³-hybridized carbons (Fsp3) is 0. The maximum atomic E-state index is 7.19. The fourth-order valence-corrected chi connectivity index (χ4v) is 16.0. The Labute approximate surface area is 373 Å². The normalized spacial score (nSPS) is 12.3. The Kier molecular flexibility index (Phi) is 7.64. The van der Waals surface area contributed by atoms with Gasteiger partial charge in [0.1, 0.15) is 22.3 Å². The lowest BCUT2D eigenvalue weighted by Crippen LogP contribution is -2.75. The van der Waals surface area contributed by atoms with E-state index in [2.05, 4.69) is 226 Å². The van der Waals surface area contributed by atoms with Crippen LogP contribution in [0, 0.1) is 0 Å². The van der Waals surface area contributed by atoms with Crippen LogP contribution >= 0.6 is 0 Å². The molecular weight excluding hydrogens is 811 g/mol. The second-order valence-electron chi connectivity index (χ2n) is 17.0. The van der Waals surface area contributed by atoms with Gasteiger partial charge in [-0.05, 0) is 81.4 Å². The van der Waals surface area contributed by atoms with Gasteiger partial charge in [0.25, 0.3) is 0 Å². The summed E-state index contributed by atoms with van der Waals surface area (Å²) in [5.74, 6) is 0. The van der Waals surface area contributed by atoms with Gasteiger partial charge >= 0.3 is 0 Å². The summed E-state index contributed by atoms with van der Waals surface area (Å²) in [6, 6.07) is 76.9. The number of aromatic nitrogens is 3. The van der Waals surface area contributed by atoms with E-state index >= 15 is 0 Å². The van der Waals surface area contributed by atoms with Gasteiger partial charge in [-0.3, -0.25) is 4.98 Å². The van der Waals surface area contributed by atoms with Gasteiger partial charge in [-0.1, -0.05) is 152 Å². The van der Waals surface area contributed by atoms with Gasteiger partial charge < -0.3 is 18.0 Å². The Bertz CT molecular complexity index is 3820. The monoisotopic (exact) mass is 847 g/mol. The lowest BCUT2D eigenvalue weighted by atomic mass is 10.1. The average Bonchev–Trinajstić information content (AvgIpc) is 4.13. The molecule has 0 spiro atoms. The third-order valence-corrected chi connectivity index (χ3v) is 18.6. The van der Waals surface area contributed by atoms with Gasteiger partial charge in [-0.15, -0.1) is 0 Å². The molecule has 14 aromatic rings. The smallest absolute Gasteiger partial charge is 0.188 e. The summed E-state index contributed by atoms with van der Waals surface area (Å²) in [5, 5.41) is 14.0. The molecule has 0 N–H and O–H groups in total. The van der Waals surface area contributed by atoms with E-state index in [4.69, 9.17) is 8.83 Å². The number of para-hydroxylation sites is 5. The highest BCUT2D eigenvalue weighted by Gasteiger charge is 2.45. The Morgan fingerprint density at radius 1 is 0.338 bits per heavy atom. The average molecular weight is 848 g/mol. The predicted molar refractivity (Wildman–Crippen MR) is 271 cm³/mol. The molecule has 5 nitrogen and oxygen atoms in total. The number of pyridine rings is 1. The molecule has 5 aromatic heterocycles. The highest BCUT2D eigenvalue weighted by Crippen LogP contribution is 2.38. The van der Waals surface area contributed by atoms with Crippen molar-refractivity contribution in [2.45, 2.75) is 0 Å². The molecule has 0 amide bonds. The Balaban J connectivity index is 1.04. The second kappa shape index (κ2) is 13.8. The van der Waals surface area contributed by atoms with Crippen LogP contribution in [-0.4, -0.2) is 22.2 Å². The molecule has 5 heterocycles.